The van der Waals surface area contributed by atoms with Gasteiger partial charge in [0.05, 0.1) is 4.90 Å². The molecular formula is C15H20N4O2S. The second-order valence-corrected chi connectivity index (χ2v) is 6.69. The molecule has 0 aliphatic carbocycles. The van der Waals surface area contributed by atoms with Crippen LogP contribution in [-0.4, -0.2) is 18.4 Å². The minimum Gasteiger partial charge on any atom is -0.366 e. The molecule has 22 heavy (non-hydrogen) atoms. The first kappa shape index (κ1) is 16.4. The molecule has 0 atom stereocenters. The Morgan fingerprint density at radius 3 is 2.50 bits per heavy atom. The highest BCUT2D eigenvalue weighted by atomic mass is 32.2. The Labute approximate surface area is 130 Å². The van der Waals surface area contributed by atoms with Gasteiger partial charge in [-0.1, -0.05) is 19.1 Å². The van der Waals surface area contributed by atoms with Gasteiger partial charge in [-0.3, -0.25) is 0 Å². The molecule has 0 saturated carbocycles. The second-order valence-electron chi connectivity index (χ2n) is 5.16. The standard InChI is InChI=1S/C15H20N4O2S/c1-4-14-18-11(3)8-15(19-14)17-9-12-5-6-13(10(2)7-12)22(16,20)21/h5-8H,4,9H2,1-3H3,(H2,16,20,21)(H,17,18,19). The van der Waals surface area contributed by atoms with E-state index in [9.17, 15) is 8.42 Å². The van der Waals surface area contributed by atoms with E-state index >= 15 is 0 Å². The Balaban J connectivity index is 2.16. The number of aromatic nitrogens is 2. The summed E-state index contributed by atoms with van der Waals surface area (Å²) in [7, 11) is -3.67. The number of primary sulfonamides is 1. The first-order valence-corrected chi connectivity index (χ1v) is 8.55. The molecule has 118 valence electrons. The number of hydrogen-bond acceptors (Lipinski definition) is 5. The number of hydrogen-bond donors (Lipinski definition) is 2. The molecule has 1 aromatic heterocycles. The molecule has 0 aliphatic heterocycles. The molecule has 0 fully saturated rings. The maximum Gasteiger partial charge on any atom is 0.238 e. The number of rotatable bonds is 5. The van der Waals surface area contributed by atoms with Gasteiger partial charge in [0.1, 0.15) is 11.6 Å². The number of aryl methyl sites for hydroxylation is 3. The summed E-state index contributed by atoms with van der Waals surface area (Å²) in [4.78, 5) is 8.89. The molecule has 0 saturated heterocycles. The lowest BCUT2D eigenvalue weighted by Gasteiger charge is -2.10. The lowest BCUT2D eigenvalue weighted by Crippen LogP contribution is -2.14. The Morgan fingerprint density at radius 2 is 1.91 bits per heavy atom. The van der Waals surface area contributed by atoms with Gasteiger partial charge in [0.15, 0.2) is 0 Å². The Morgan fingerprint density at radius 1 is 1.18 bits per heavy atom. The van der Waals surface area contributed by atoms with Crippen LogP contribution in [0.4, 0.5) is 5.82 Å². The van der Waals surface area contributed by atoms with Gasteiger partial charge in [0.25, 0.3) is 0 Å². The average Bonchev–Trinajstić information content (AvgIpc) is 2.43. The zero-order chi connectivity index (χ0) is 16.3. The van der Waals surface area contributed by atoms with Crippen molar-refractivity contribution < 1.29 is 8.42 Å². The average molecular weight is 320 g/mol. The molecule has 2 aromatic rings. The molecule has 0 bridgehead atoms. The van der Waals surface area contributed by atoms with Crippen LogP contribution < -0.4 is 10.5 Å². The van der Waals surface area contributed by atoms with E-state index in [4.69, 9.17) is 5.14 Å². The fourth-order valence-corrected chi connectivity index (χ4v) is 2.98. The minimum absolute atomic E-state index is 0.155. The minimum atomic E-state index is -3.67. The van der Waals surface area contributed by atoms with E-state index < -0.39 is 10.0 Å². The van der Waals surface area contributed by atoms with Gasteiger partial charge in [0, 0.05) is 24.7 Å². The number of sulfonamides is 1. The van der Waals surface area contributed by atoms with Crippen molar-refractivity contribution in [2.24, 2.45) is 5.14 Å². The predicted molar refractivity (Wildman–Crippen MR) is 86.0 cm³/mol. The van der Waals surface area contributed by atoms with Crippen LogP contribution >= 0.6 is 0 Å². The predicted octanol–water partition coefficient (Wildman–Crippen LogP) is 1.92. The highest BCUT2D eigenvalue weighted by molar-refractivity contribution is 7.89. The van der Waals surface area contributed by atoms with E-state index in [1.165, 1.54) is 6.07 Å². The Hall–Kier alpha value is -1.99. The fraction of sp³-hybridized carbons (Fsp3) is 0.333. The number of nitrogens with one attached hydrogen (secondary N) is 1. The van der Waals surface area contributed by atoms with Crippen molar-refractivity contribution in [1.29, 1.82) is 0 Å². The molecule has 2 rings (SSSR count). The van der Waals surface area contributed by atoms with Crippen LogP contribution in [0.3, 0.4) is 0 Å². The molecule has 0 spiro atoms. The summed E-state index contributed by atoms with van der Waals surface area (Å²) < 4.78 is 22.8. The van der Waals surface area contributed by atoms with Crippen LogP contribution in [0.2, 0.25) is 0 Å². The summed E-state index contributed by atoms with van der Waals surface area (Å²) in [6.45, 7) is 6.21. The second kappa shape index (κ2) is 6.41. The summed E-state index contributed by atoms with van der Waals surface area (Å²) in [5, 5.41) is 8.39. The van der Waals surface area contributed by atoms with E-state index in [0.29, 0.717) is 12.1 Å². The van der Waals surface area contributed by atoms with Crippen LogP contribution in [0.25, 0.3) is 0 Å². The summed E-state index contributed by atoms with van der Waals surface area (Å²) in [5.41, 5.74) is 2.50. The van der Waals surface area contributed by atoms with Gasteiger partial charge >= 0.3 is 0 Å². The van der Waals surface area contributed by atoms with Crippen molar-refractivity contribution in [3.63, 3.8) is 0 Å². The van der Waals surface area contributed by atoms with Crippen LogP contribution in [0.1, 0.15) is 29.6 Å². The summed E-state index contributed by atoms with van der Waals surface area (Å²) in [5.74, 6) is 1.56. The third-order valence-electron chi connectivity index (χ3n) is 3.24. The molecule has 1 aromatic carbocycles. The zero-order valence-corrected chi connectivity index (χ0v) is 13.7. The summed E-state index contributed by atoms with van der Waals surface area (Å²) in [6, 6.07) is 6.96. The van der Waals surface area contributed by atoms with Gasteiger partial charge < -0.3 is 5.32 Å². The van der Waals surface area contributed by atoms with Crippen LogP contribution in [0.15, 0.2) is 29.2 Å². The number of nitrogens with two attached hydrogens (primary N) is 1. The maximum atomic E-state index is 11.4. The highest BCUT2D eigenvalue weighted by Gasteiger charge is 2.11. The van der Waals surface area contributed by atoms with Crippen molar-refractivity contribution in [3.05, 3.63) is 46.9 Å². The molecular weight excluding hydrogens is 300 g/mol. The van der Waals surface area contributed by atoms with Gasteiger partial charge in [-0.2, -0.15) is 0 Å². The first-order chi connectivity index (χ1) is 10.3. The lowest BCUT2D eigenvalue weighted by atomic mass is 10.1. The van der Waals surface area contributed by atoms with Crippen LogP contribution in [-0.2, 0) is 23.0 Å². The van der Waals surface area contributed by atoms with E-state index in [1.807, 2.05) is 26.0 Å². The normalized spacial score (nSPS) is 11.5. The van der Waals surface area contributed by atoms with Crippen molar-refractivity contribution in [2.45, 2.75) is 38.6 Å². The SMILES string of the molecule is CCc1nc(C)cc(NCc2ccc(S(N)(=O)=O)c(C)c2)n1. The third kappa shape index (κ3) is 4.02. The quantitative estimate of drug-likeness (QED) is 0.877. The van der Waals surface area contributed by atoms with Gasteiger partial charge in [-0.25, -0.2) is 23.5 Å². The lowest BCUT2D eigenvalue weighted by molar-refractivity contribution is 0.597. The Kier molecular flexibility index (Phi) is 4.77. The van der Waals surface area contributed by atoms with Crippen molar-refractivity contribution in [1.82, 2.24) is 9.97 Å². The monoisotopic (exact) mass is 320 g/mol. The number of anilines is 1. The first-order valence-electron chi connectivity index (χ1n) is 7.00. The topological polar surface area (TPSA) is 98.0 Å². The molecule has 7 heteroatoms. The van der Waals surface area contributed by atoms with Crippen molar-refractivity contribution in [3.8, 4) is 0 Å². The molecule has 0 unspecified atom stereocenters. The fourth-order valence-electron chi connectivity index (χ4n) is 2.21. The maximum absolute atomic E-state index is 11.4. The Bertz CT molecular complexity index is 788. The van der Waals surface area contributed by atoms with Gasteiger partial charge in [-0.05, 0) is 31.0 Å². The van der Waals surface area contributed by atoms with E-state index in [-0.39, 0.29) is 4.90 Å². The molecule has 6 nitrogen and oxygen atoms in total. The molecule has 1 heterocycles. The zero-order valence-electron chi connectivity index (χ0n) is 12.9. The number of nitrogens with zero attached hydrogens (tertiary/aromatic N) is 2. The molecule has 0 aliphatic rings. The van der Waals surface area contributed by atoms with Gasteiger partial charge in [-0.15, -0.1) is 0 Å². The molecule has 0 amide bonds. The van der Waals surface area contributed by atoms with E-state index in [2.05, 4.69) is 15.3 Å². The smallest absolute Gasteiger partial charge is 0.238 e. The summed E-state index contributed by atoms with van der Waals surface area (Å²) >= 11 is 0. The molecule has 0 radical (unpaired) electrons. The third-order valence-corrected chi connectivity index (χ3v) is 4.31. The summed E-state index contributed by atoms with van der Waals surface area (Å²) in [6.07, 6.45) is 0.776. The highest BCUT2D eigenvalue weighted by Crippen LogP contribution is 2.16. The van der Waals surface area contributed by atoms with Gasteiger partial charge in [0.2, 0.25) is 10.0 Å². The van der Waals surface area contributed by atoms with E-state index in [0.717, 1.165) is 29.3 Å². The van der Waals surface area contributed by atoms with Crippen LogP contribution in [0.5, 0.6) is 0 Å². The van der Waals surface area contributed by atoms with Crippen molar-refractivity contribution in [2.75, 3.05) is 5.32 Å². The van der Waals surface area contributed by atoms with Crippen LogP contribution in [0, 0.1) is 13.8 Å². The van der Waals surface area contributed by atoms with E-state index in [1.54, 1.807) is 13.0 Å². The molecule has 3 N–H and O–H groups in total. The largest absolute Gasteiger partial charge is 0.366 e. The number of benzene rings is 1. The van der Waals surface area contributed by atoms with Crippen molar-refractivity contribution >= 4 is 15.8 Å².